The van der Waals surface area contributed by atoms with Gasteiger partial charge in [0, 0.05) is 30.5 Å². The number of aromatic nitrogens is 1. The lowest BCUT2D eigenvalue weighted by Gasteiger charge is -2.30. The standard InChI is InChI=1S/C34H40ClN3O6S2/c1-23(2)16-17-38(46(42,43)28-14-15-30-33(20-28)45-22-36-30)27(21-39)13-12-24-8-4-5-9-25(24)19-32(40)31(37-34(41)44-3)18-26-10-6-7-11-29(26)35/h4-11,14-15,20,22-23,27,31,39H,12-13,16-19,21H2,1-3H3,(H,37,41)/t27-,31-/m0/s1. The van der Waals surface area contributed by atoms with Crippen LogP contribution in [0.3, 0.4) is 0 Å². The first-order valence-electron chi connectivity index (χ1n) is 15.2. The van der Waals surface area contributed by atoms with Gasteiger partial charge in [-0.15, -0.1) is 11.3 Å². The lowest BCUT2D eigenvalue weighted by Crippen LogP contribution is -2.44. The van der Waals surface area contributed by atoms with E-state index in [1.165, 1.54) is 22.8 Å². The minimum atomic E-state index is -3.93. The highest BCUT2D eigenvalue weighted by molar-refractivity contribution is 7.89. The first kappa shape index (κ1) is 35.5. The summed E-state index contributed by atoms with van der Waals surface area (Å²) in [6.45, 7) is 3.96. The monoisotopic (exact) mass is 685 g/mol. The van der Waals surface area contributed by atoms with E-state index >= 15 is 0 Å². The lowest BCUT2D eigenvalue weighted by molar-refractivity contribution is -0.120. The minimum absolute atomic E-state index is 0.0311. The summed E-state index contributed by atoms with van der Waals surface area (Å²) in [5.74, 6) is 0.0288. The second-order valence-electron chi connectivity index (χ2n) is 11.6. The SMILES string of the molecule is COC(=O)N[C@@H](Cc1ccccc1Cl)C(=O)Cc1ccccc1CC[C@@H](CO)N(CCC(C)C)S(=O)(=O)c1ccc2ncsc2c1. The van der Waals surface area contributed by atoms with E-state index in [1.807, 2.05) is 44.2 Å². The van der Waals surface area contributed by atoms with Crippen molar-refractivity contribution < 1.29 is 27.9 Å². The van der Waals surface area contributed by atoms with E-state index in [1.54, 1.807) is 41.9 Å². The molecule has 0 radical (unpaired) electrons. The van der Waals surface area contributed by atoms with Gasteiger partial charge in [-0.1, -0.05) is 67.9 Å². The number of aliphatic hydroxyl groups is 1. The normalized spacial score (nSPS) is 13.2. The van der Waals surface area contributed by atoms with Gasteiger partial charge in [0.1, 0.15) is 0 Å². The van der Waals surface area contributed by atoms with Gasteiger partial charge in [0.2, 0.25) is 10.0 Å². The zero-order valence-electron chi connectivity index (χ0n) is 26.2. The van der Waals surface area contributed by atoms with E-state index in [2.05, 4.69) is 10.3 Å². The number of alkyl carbamates (subject to hydrolysis) is 1. The summed E-state index contributed by atoms with van der Waals surface area (Å²) in [5.41, 5.74) is 4.75. The van der Waals surface area contributed by atoms with Crippen molar-refractivity contribution in [1.82, 2.24) is 14.6 Å². The van der Waals surface area contributed by atoms with Gasteiger partial charge >= 0.3 is 6.09 Å². The molecule has 0 aliphatic rings. The summed E-state index contributed by atoms with van der Waals surface area (Å²) in [7, 11) is -2.70. The van der Waals surface area contributed by atoms with Crippen LogP contribution in [0.1, 0.15) is 43.4 Å². The third-order valence-corrected chi connectivity index (χ3v) is 11.0. The Morgan fingerprint density at radius 3 is 2.39 bits per heavy atom. The number of nitrogens with zero attached hydrogens (tertiary/aromatic N) is 2. The fraction of sp³-hybridized carbons (Fsp3) is 0.382. The second-order valence-corrected chi connectivity index (χ2v) is 14.7. The molecule has 4 aromatic rings. The Kier molecular flexibility index (Phi) is 12.7. The Bertz CT molecular complexity index is 1740. The van der Waals surface area contributed by atoms with Gasteiger partial charge in [-0.3, -0.25) is 4.79 Å². The first-order valence-corrected chi connectivity index (χ1v) is 17.9. The van der Waals surface area contributed by atoms with Crippen molar-refractivity contribution in [2.24, 2.45) is 5.92 Å². The number of benzene rings is 3. The van der Waals surface area contributed by atoms with Gasteiger partial charge < -0.3 is 15.2 Å². The number of carbonyl (C=O) groups is 2. The molecule has 0 bridgehead atoms. The van der Waals surface area contributed by atoms with Crippen LogP contribution in [0.4, 0.5) is 4.79 Å². The van der Waals surface area contributed by atoms with Crippen LogP contribution in [0.2, 0.25) is 5.02 Å². The van der Waals surface area contributed by atoms with Crippen molar-refractivity contribution in [2.45, 2.75) is 62.9 Å². The molecule has 4 rings (SSSR count). The smallest absolute Gasteiger partial charge is 0.407 e. The minimum Gasteiger partial charge on any atom is -0.453 e. The highest BCUT2D eigenvalue weighted by atomic mass is 35.5. The third kappa shape index (κ3) is 9.13. The van der Waals surface area contributed by atoms with Gasteiger partial charge in [0.05, 0.1) is 40.4 Å². The van der Waals surface area contributed by atoms with Crippen LogP contribution >= 0.6 is 22.9 Å². The summed E-state index contributed by atoms with van der Waals surface area (Å²) >= 11 is 7.72. The Morgan fingerprint density at radius 2 is 1.72 bits per heavy atom. The number of methoxy groups -OCH3 is 1. The first-order chi connectivity index (χ1) is 22.0. The van der Waals surface area contributed by atoms with Crippen LogP contribution in [-0.4, -0.2) is 67.0 Å². The number of fused-ring (bicyclic) bond motifs is 1. The van der Waals surface area contributed by atoms with Crippen molar-refractivity contribution in [3.05, 3.63) is 94.0 Å². The van der Waals surface area contributed by atoms with Gasteiger partial charge in [0.25, 0.3) is 0 Å². The third-order valence-electron chi connectivity index (χ3n) is 7.93. The van der Waals surface area contributed by atoms with Crippen LogP contribution in [-0.2, 0) is 38.8 Å². The van der Waals surface area contributed by atoms with E-state index < -0.39 is 28.2 Å². The Balaban J connectivity index is 1.55. The van der Waals surface area contributed by atoms with E-state index in [-0.39, 0.29) is 42.6 Å². The molecule has 2 N–H and O–H groups in total. The summed E-state index contributed by atoms with van der Waals surface area (Å²) < 4.78 is 35.0. The summed E-state index contributed by atoms with van der Waals surface area (Å²) in [5, 5.41) is 13.6. The molecule has 1 amide bonds. The zero-order valence-corrected chi connectivity index (χ0v) is 28.6. The number of aliphatic hydroxyl groups excluding tert-OH is 1. The number of nitrogens with one attached hydrogen (secondary N) is 1. The number of amides is 1. The Morgan fingerprint density at radius 1 is 1.02 bits per heavy atom. The molecule has 0 unspecified atom stereocenters. The highest BCUT2D eigenvalue weighted by Crippen LogP contribution is 2.27. The van der Waals surface area contributed by atoms with E-state index in [9.17, 15) is 23.1 Å². The molecule has 1 aromatic heterocycles. The van der Waals surface area contributed by atoms with Crippen molar-refractivity contribution in [1.29, 1.82) is 0 Å². The molecule has 0 aliphatic heterocycles. The van der Waals surface area contributed by atoms with Crippen LogP contribution in [0.15, 0.2) is 77.1 Å². The van der Waals surface area contributed by atoms with E-state index in [0.717, 1.165) is 26.9 Å². The van der Waals surface area contributed by atoms with Gasteiger partial charge in [-0.25, -0.2) is 18.2 Å². The topological polar surface area (TPSA) is 126 Å². The molecule has 0 aliphatic carbocycles. The maximum absolute atomic E-state index is 14.0. The predicted octanol–water partition coefficient (Wildman–Crippen LogP) is 6.06. The summed E-state index contributed by atoms with van der Waals surface area (Å²) in [6.07, 6.45) is 0.897. The number of aryl methyl sites for hydroxylation is 1. The highest BCUT2D eigenvalue weighted by Gasteiger charge is 2.32. The average Bonchev–Trinajstić information content (AvgIpc) is 3.52. The fourth-order valence-corrected chi connectivity index (χ4v) is 7.97. The number of Topliss-reactive ketones (excluding diaryl/α,β-unsaturated/α-hetero) is 1. The van der Waals surface area contributed by atoms with Gasteiger partial charge in [0.15, 0.2) is 5.78 Å². The molecule has 12 heteroatoms. The molecule has 0 fully saturated rings. The summed E-state index contributed by atoms with van der Waals surface area (Å²) in [4.78, 5) is 30.2. The Hall–Kier alpha value is -3.35. The predicted molar refractivity (Wildman–Crippen MR) is 182 cm³/mol. The molecule has 0 saturated carbocycles. The Labute approximate surface area is 279 Å². The van der Waals surface area contributed by atoms with Crippen molar-refractivity contribution >= 4 is 55.1 Å². The quantitative estimate of drug-likeness (QED) is 0.147. The van der Waals surface area contributed by atoms with Gasteiger partial charge in [-0.2, -0.15) is 4.31 Å². The number of sulfonamides is 1. The molecule has 246 valence electrons. The number of hydrogen-bond acceptors (Lipinski definition) is 8. The van der Waals surface area contributed by atoms with Crippen LogP contribution in [0.25, 0.3) is 10.2 Å². The average molecular weight is 686 g/mol. The van der Waals surface area contributed by atoms with Crippen molar-refractivity contribution in [3.8, 4) is 0 Å². The molecule has 0 saturated heterocycles. The molecule has 0 spiro atoms. The summed E-state index contributed by atoms with van der Waals surface area (Å²) in [6, 6.07) is 17.9. The van der Waals surface area contributed by atoms with Gasteiger partial charge in [-0.05, 0) is 66.1 Å². The molecular weight excluding hydrogens is 646 g/mol. The van der Waals surface area contributed by atoms with Crippen molar-refractivity contribution in [3.63, 3.8) is 0 Å². The number of rotatable bonds is 16. The molecule has 2 atom stereocenters. The molecule has 1 heterocycles. The number of thiazole rings is 1. The number of ether oxygens (including phenoxy) is 1. The van der Waals surface area contributed by atoms with E-state index in [4.69, 9.17) is 16.3 Å². The van der Waals surface area contributed by atoms with Crippen molar-refractivity contribution in [2.75, 3.05) is 20.3 Å². The largest absolute Gasteiger partial charge is 0.453 e. The second kappa shape index (κ2) is 16.5. The molecule has 9 nitrogen and oxygen atoms in total. The van der Waals surface area contributed by atoms with Crippen LogP contribution < -0.4 is 5.32 Å². The number of halogens is 1. The molecule has 46 heavy (non-hydrogen) atoms. The maximum atomic E-state index is 14.0. The zero-order chi connectivity index (χ0) is 33.3. The maximum Gasteiger partial charge on any atom is 0.407 e. The fourth-order valence-electron chi connectivity index (χ4n) is 5.28. The van der Waals surface area contributed by atoms with Crippen LogP contribution in [0.5, 0.6) is 0 Å². The number of carbonyl (C=O) groups excluding carboxylic acids is 2. The van der Waals surface area contributed by atoms with Crippen LogP contribution in [0, 0.1) is 5.92 Å². The number of hydrogen-bond donors (Lipinski definition) is 2. The van der Waals surface area contributed by atoms with E-state index in [0.29, 0.717) is 24.3 Å². The lowest BCUT2D eigenvalue weighted by atomic mass is 9.93. The molecule has 3 aromatic carbocycles. The molecular formula is C34H40ClN3O6S2. The number of ketones is 1.